The van der Waals surface area contributed by atoms with Crippen LogP contribution in [0.4, 0.5) is 8.78 Å². The van der Waals surface area contributed by atoms with Gasteiger partial charge in [0.05, 0.1) is 12.5 Å². The molecule has 0 fully saturated rings. The number of phenols is 1. The molecule has 1 aromatic carbocycles. The SMILES string of the molecule is O=C(O)CC(O)C(O)c1cc(F)cc(F)c1O. The lowest BCUT2D eigenvalue weighted by Crippen LogP contribution is -2.22. The molecule has 0 aliphatic heterocycles. The third-order valence-corrected chi connectivity index (χ3v) is 2.12. The Morgan fingerprint density at radius 3 is 2.41 bits per heavy atom. The Bertz CT molecular complexity index is 435. The first-order chi connectivity index (χ1) is 7.82. The number of hydrogen-bond donors (Lipinski definition) is 4. The number of carboxylic acid groups (broad SMARTS) is 1. The van der Waals surface area contributed by atoms with Crippen LogP contribution in [0.3, 0.4) is 0 Å². The summed E-state index contributed by atoms with van der Waals surface area (Å²) in [5.74, 6) is -4.78. The van der Waals surface area contributed by atoms with Crippen LogP contribution in [0.5, 0.6) is 5.75 Å². The third-order valence-electron chi connectivity index (χ3n) is 2.12. The number of halogens is 2. The Kier molecular flexibility index (Phi) is 3.97. The fourth-order valence-corrected chi connectivity index (χ4v) is 1.31. The molecular weight excluding hydrogens is 238 g/mol. The van der Waals surface area contributed by atoms with Crippen LogP contribution in [0.1, 0.15) is 18.1 Å². The zero-order valence-corrected chi connectivity index (χ0v) is 8.47. The van der Waals surface area contributed by atoms with Crippen molar-refractivity contribution in [3.05, 3.63) is 29.3 Å². The van der Waals surface area contributed by atoms with Gasteiger partial charge in [0.1, 0.15) is 11.9 Å². The summed E-state index contributed by atoms with van der Waals surface area (Å²) in [6, 6.07) is 1.02. The number of aromatic hydroxyl groups is 1. The van der Waals surface area contributed by atoms with Crippen molar-refractivity contribution in [2.75, 3.05) is 0 Å². The predicted molar refractivity (Wildman–Crippen MR) is 51.2 cm³/mol. The summed E-state index contributed by atoms with van der Waals surface area (Å²) in [5.41, 5.74) is -0.601. The second-order valence-corrected chi connectivity index (χ2v) is 3.44. The van der Waals surface area contributed by atoms with Crippen LogP contribution in [-0.2, 0) is 4.79 Å². The van der Waals surface area contributed by atoms with E-state index >= 15 is 0 Å². The molecule has 4 N–H and O–H groups in total. The van der Waals surface area contributed by atoms with Crippen LogP contribution in [0, 0.1) is 11.6 Å². The highest BCUT2D eigenvalue weighted by Crippen LogP contribution is 2.30. The Labute approximate surface area is 94.6 Å². The van der Waals surface area contributed by atoms with Crippen LogP contribution in [-0.4, -0.2) is 32.5 Å². The van der Waals surface area contributed by atoms with Gasteiger partial charge >= 0.3 is 5.97 Å². The van der Waals surface area contributed by atoms with Gasteiger partial charge in [-0.3, -0.25) is 4.79 Å². The molecule has 0 saturated carbocycles. The van der Waals surface area contributed by atoms with Crippen LogP contribution in [0.15, 0.2) is 12.1 Å². The van der Waals surface area contributed by atoms with Crippen LogP contribution >= 0.6 is 0 Å². The minimum Gasteiger partial charge on any atom is -0.505 e. The zero-order valence-electron chi connectivity index (χ0n) is 8.47. The molecule has 0 saturated heterocycles. The van der Waals surface area contributed by atoms with E-state index in [2.05, 4.69) is 0 Å². The molecule has 2 atom stereocenters. The number of carbonyl (C=O) groups is 1. The van der Waals surface area contributed by atoms with E-state index in [4.69, 9.17) is 5.11 Å². The molecule has 0 spiro atoms. The zero-order chi connectivity index (χ0) is 13.2. The van der Waals surface area contributed by atoms with Crippen molar-refractivity contribution >= 4 is 5.97 Å². The van der Waals surface area contributed by atoms with E-state index in [1.54, 1.807) is 0 Å². The normalized spacial score (nSPS) is 14.4. The summed E-state index contributed by atoms with van der Waals surface area (Å²) in [6.45, 7) is 0. The molecule has 0 bridgehead atoms. The Hall–Kier alpha value is -1.73. The van der Waals surface area contributed by atoms with Gasteiger partial charge in [0.2, 0.25) is 0 Å². The van der Waals surface area contributed by atoms with E-state index in [-0.39, 0.29) is 0 Å². The quantitative estimate of drug-likeness (QED) is 0.623. The molecule has 0 aromatic heterocycles. The molecule has 2 unspecified atom stereocenters. The van der Waals surface area contributed by atoms with Gasteiger partial charge in [0.25, 0.3) is 0 Å². The molecule has 0 radical (unpaired) electrons. The molecule has 1 aromatic rings. The van der Waals surface area contributed by atoms with E-state index in [1.165, 1.54) is 0 Å². The lowest BCUT2D eigenvalue weighted by atomic mass is 10.0. The fraction of sp³-hybridized carbons (Fsp3) is 0.300. The Morgan fingerprint density at radius 1 is 1.29 bits per heavy atom. The molecule has 5 nitrogen and oxygen atoms in total. The van der Waals surface area contributed by atoms with E-state index < -0.39 is 47.5 Å². The fourth-order valence-electron chi connectivity index (χ4n) is 1.31. The topological polar surface area (TPSA) is 98.0 Å². The minimum absolute atomic E-state index is 0.398. The van der Waals surface area contributed by atoms with E-state index in [9.17, 15) is 28.9 Å². The van der Waals surface area contributed by atoms with Gasteiger partial charge in [0.15, 0.2) is 11.6 Å². The molecule has 94 valence electrons. The van der Waals surface area contributed by atoms with Gasteiger partial charge in [0, 0.05) is 11.6 Å². The summed E-state index contributed by atoms with van der Waals surface area (Å²) in [5, 5.41) is 36.3. The smallest absolute Gasteiger partial charge is 0.306 e. The highest BCUT2D eigenvalue weighted by atomic mass is 19.1. The van der Waals surface area contributed by atoms with Crippen molar-refractivity contribution in [3.8, 4) is 5.75 Å². The minimum atomic E-state index is -1.89. The molecule has 1 rings (SSSR count). The van der Waals surface area contributed by atoms with Gasteiger partial charge in [-0.05, 0) is 6.07 Å². The van der Waals surface area contributed by atoms with Gasteiger partial charge in [-0.25, -0.2) is 8.78 Å². The first-order valence-electron chi connectivity index (χ1n) is 4.58. The number of aliphatic hydroxyl groups is 2. The molecule has 0 heterocycles. The number of aliphatic hydroxyl groups excluding tert-OH is 2. The maximum absolute atomic E-state index is 12.9. The number of rotatable bonds is 4. The molecule has 17 heavy (non-hydrogen) atoms. The largest absolute Gasteiger partial charge is 0.505 e. The van der Waals surface area contributed by atoms with Crippen molar-refractivity contribution in [3.63, 3.8) is 0 Å². The first-order valence-corrected chi connectivity index (χ1v) is 4.58. The van der Waals surface area contributed by atoms with Crippen molar-refractivity contribution < 1.29 is 34.0 Å². The Morgan fingerprint density at radius 2 is 1.88 bits per heavy atom. The van der Waals surface area contributed by atoms with Gasteiger partial charge in [-0.2, -0.15) is 0 Å². The average molecular weight is 248 g/mol. The van der Waals surface area contributed by atoms with Gasteiger partial charge in [-0.1, -0.05) is 0 Å². The number of phenolic OH excluding ortho intramolecular Hbond substituents is 1. The van der Waals surface area contributed by atoms with E-state index in [1.807, 2.05) is 0 Å². The number of aliphatic carboxylic acids is 1. The van der Waals surface area contributed by atoms with Crippen molar-refractivity contribution in [2.24, 2.45) is 0 Å². The number of hydrogen-bond acceptors (Lipinski definition) is 4. The molecule has 0 amide bonds. The summed E-state index contributed by atoms with van der Waals surface area (Å²) in [4.78, 5) is 10.3. The summed E-state index contributed by atoms with van der Waals surface area (Å²) in [6.07, 6.45) is -4.49. The van der Waals surface area contributed by atoms with Crippen LogP contribution in [0.25, 0.3) is 0 Å². The maximum Gasteiger partial charge on any atom is 0.306 e. The third kappa shape index (κ3) is 3.11. The van der Waals surface area contributed by atoms with E-state index in [0.717, 1.165) is 0 Å². The highest BCUT2D eigenvalue weighted by Gasteiger charge is 2.25. The molecule has 7 heteroatoms. The first kappa shape index (κ1) is 13.3. The van der Waals surface area contributed by atoms with Crippen molar-refractivity contribution in [1.82, 2.24) is 0 Å². The summed E-state index contributed by atoms with van der Waals surface area (Å²) < 4.78 is 25.8. The maximum atomic E-state index is 12.9. The van der Waals surface area contributed by atoms with Crippen molar-refractivity contribution in [1.29, 1.82) is 0 Å². The average Bonchev–Trinajstić information content (AvgIpc) is 2.21. The summed E-state index contributed by atoms with van der Waals surface area (Å²) >= 11 is 0. The van der Waals surface area contributed by atoms with Gasteiger partial charge < -0.3 is 20.4 Å². The lowest BCUT2D eigenvalue weighted by Gasteiger charge is -2.17. The van der Waals surface area contributed by atoms with Crippen molar-refractivity contribution in [2.45, 2.75) is 18.6 Å². The monoisotopic (exact) mass is 248 g/mol. The Balaban J connectivity index is 3.03. The second-order valence-electron chi connectivity index (χ2n) is 3.44. The molecular formula is C10H10F2O5. The predicted octanol–water partition coefficient (Wildman–Crippen LogP) is 0.539. The highest BCUT2D eigenvalue weighted by molar-refractivity contribution is 5.67. The van der Waals surface area contributed by atoms with Gasteiger partial charge in [-0.15, -0.1) is 0 Å². The summed E-state index contributed by atoms with van der Waals surface area (Å²) in [7, 11) is 0. The van der Waals surface area contributed by atoms with Crippen LogP contribution in [0.2, 0.25) is 0 Å². The standard InChI is InChI=1S/C10H10F2O5/c11-4-1-5(9(16)6(12)2-4)10(17)7(13)3-8(14)15/h1-2,7,10,13,16-17H,3H2,(H,14,15). The lowest BCUT2D eigenvalue weighted by molar-refractivity contribution is -0.141. The second kappa shape index (κ2) is 5.07. The van der Waals surface area contributed by atoms with E-state index in [0.29, 0.717) is 12.1 Å². The number of carboxylic acids is 1. The van der Waals surface area contributed by atoms with Crippen LogP contribution < -0.4 is 0 Å². The molecule has 0 aliphatic rings. The molecule has 0 aliphatic carbocycles. The number of benzene rings is 1.